The molecule has 0 spiro atoms. The van der Waals surface area contributed by atoms with E-state index in [-0.39, 0.29) is 5.91 Å². The minimum atomic E-state index is -0.238. The molecule has 5 aromatic rings. The zero-order chi connectivity index (χ0) is 23.3. The van der Waals surface area contributed by atoms with Crippen LogP contribution in [0.3, 0.4) is 0 Å². The monoisotopic (exact) mass is 508 g/mol. The predicted molar refractivity (Wildman–Crippen MR) is 131 cm³/mol. The molecule has 8 nitrogen and oxygen atoms in total. The Morgan fingerprint density at radius 1 is 1.12 bits per heavy atom. The van der Waals surface area contributed by atoms with E-state index in [1.165, 1.54) is 23.1 Å². The van der Waals surface area contributed by atoms with Crippen molar-refractivity contribution in [3.8, 4) is 17.3 Å². The van der Waals surface area contributed by atoms with Crippen molar-refractivity contribution in [3.63, 3.8) is 0 Å². The van der Waals surface area contributed by atoms with E-state index in [0.29, 0.717) is 39.8 Å². The number of carbonyl (C=O) groups excluding carboxylic acids is 1. The molecule has 0 saturated heterocycles. The zero-order valence-corrected chi connectivity index (χ0v) is 20.0. The van der Waals surface area contributed by atoms with E-state index in [2.05, 4.69) is 25.5 Å². The second-order valence-electron chi connectivity index (χ2n) is 6.99. The lowest BCUT2D eigenvalue weighted by molar-refractivity contribution is 0.0946. The van der Waals surface area contributed by atoms with Crippen molar-refractivity contribution in [1.29, 1.82) is 0 Å². The summed E-state index contributed by atoms with van der Waals surface area (Å²) >= 11 is 9.34. The van der Waals surface area contributed by atoms with Crippen molar-refractivity contribution in [3.05, 3.63) is 93.9 Å². The molecule has 4 aromatic heterocycles. The van der Waals surface area contributed by atoms with Crippen LogP contribution in [-0.2, 0) is 12.3 Å². The molecule has 0 aliphatic heterocycles. The molecular weight excluding hydrogens is 492 g/mol. The van der Waals surface area contributed by atoms with Crippen molar-refractivity contribution in [2.45, 2.75) is 17.5 Å². The maximum atomic E-state index is 12.5. The first-order valence-corrected chi connectivity index (χ1v) is 12.4. The van der Waals surface area contributed by atoms with Crippen LogP contribution in [0.5, 0.6) is 0 Å². The highest BCUT2D eigenvalue weighted by Crippen LogP contribution is 2.33. The standard InChI is InChI=1S/C23H17ClN6O2S2/c24-16-7-1-2-8-18(16)30-21(19-9-5-11-32-19)28-29-23(30)34-14-20-27-17(13-33-20)22(31)26-12-15-6-3-4-10-25-15/h1-11,13H,12,14H2,(H,26,31). The Hall–Kier alpha value is -3.47. The number of aromatic nitrogens is 5. The Labute approximate surface area is 208 Å². The number of thiazole rings is 1. The SMILES string of the molecule is O=C(NCc1ccccn1)c1csc(CSc2nnc(-c3ccco3)n2-c2ccccc2Cl)n1. The van der Waals surface area contributed by atoms with Crippen LogP contribution in [0.1, 0.15) is 21.2 Å². The molecule has 4 heterocycles. The molecule has 0 aliphatic rings. The fourth-order valence-electron chi connectivity index (χ4n) is 3.15. The van der Waals surface area contributed by atoms with Gasteiger partial charge >= 0.3 is 0 Å². The van der Waals surface area contributed by atoms with Gasteiger partial charge in [0.25, 0.3) is 5.91 Å². The Balaban J connectivity index is 1.32. The van der Waals surface area contributed by atoms with Gasteiger partial charge in [0.15, 0.2) is 10.9 Å². The Kier molecular flexibility index (Phi) is 6.70. The number of amides is 1. The average molecular weight is 509 g/mol. The molecule has 1 N–H and O–H groups in total. The van der Waals surface area contributed by atoms with Crippen molar-refractivity contribution >= 4 is 40.6 Å². The number of halogens is 1. The topological polar surface area (TPSA) is 98.7 Å². The fraction of sp³-hybridized carbons (Fsp3) is 0.0870. The largest absolute Gasteiger partial charge is 0.461 e. The first-order valence-electron chi connectivity index (χ1n) is 10.2. The number of hydrogen-bond donors (Lipinski definition) is 1. The van der Waals surface area contributed by atoms with Gasteiger partial charge in [-0.05, 0) is 36.4 Å². The molecule has 0 aliphatic carbocycles. The smallest absolute Gasteiger partial charge is 0.271 e. The lowest BCUT2D eigenvalue weighted by Gasteiger charge is -2.10. The maximum Gasteiger partial charge on any atom is 0.271 e. The maximum absolute atomic E-state index is 12.5. The summed E-state index contributed by atoms with van der Waals surface area (Å²) in [6.07, 6.45) is 3.28. The number of para-hydroxylation sites is 1. The molecule has 0 fully saturated rings. The van der Waals surface area contributed by atoms with Gasteiger partial charge in [-0.2, -0.15) is 0 Å². The molecule has 170 valence electrons. The van der Waals surface area contributed by atoms with E-state index in [9.17, 15) is 4.79 Å². The van der Waals surface area contributed by atoms with Gasteiger partial charge < -0.3 is 9.73 Å². The van der Waals surface area contributed by atoms with Gasteiger partial charge in [-0.25, -0.2) is 4.98 Å². The Bertz CT molecular complexity index is 1400. The number of thioether (sulfide) groups is 1. The van der Waals surface area contributed by atoms with Crippen molar-refractivity contribution < 1.29 is 9.21 Å². The lowest BCUT2D eigenvalue weighted by Crippen LogP contribution is -2.23. The minimum absolute atomic E-state index is 0.238. The van der Waals surface area contributed by atoms with Gasteiger partial charge in [0.2, 0.25) is 5.82 Å². The molecule has 0 unspecified atom stereocenters. The lowest BCUT2D eigenvalue weighted by atomic mass is 10.3. The van der Waals surface area contributed by atoms with Gasteiger partial charge in [0, 0.05) is 11.6 Å². The number of furan rings is 1. The average Bonchev–Trinajstić information content (AvgIpc) is 3.63. The number of nitrogens with zero attached hydrogens (tertiary/aromatic N) is 5. The number of rotatable bonds is 8. The van der Waals surface area contributed by atoms with E-state index in [4.69, 9.17) is 16.0 Å². The molecule has 0 radical (unpaired) electrons. The minimum Gasteiger partial charge on any atom is -0.461 e. The van der Waals surface area contributed by atoms with Crippen LogP contribution in [0, 0.1) is 0 Å². The number of pyridine rings is 1. The highest BCUT2D eigenvalue weighted by molar-refractivity contribution is 7.98. The molecule has 5 rings (SSSR count). The first kappa shape index (κ1) is 22.3. The molecule has 0 saturated carbocycles. The summed E-state index contributed by atoms with van der Waals surface area (Å²) in [5, 5.41) is 15.3. The Morgan fingerprint density at radius 2 is 2.00 bits per heavy atom. The second-order valence-corrected chi connectivity index (χ2v) is 9.28. The van der Waals surface area contributed by atoms with Crippen LogP contribution < -0.4 is 5.32 Å². The summed E-state index contributed by atoms with van der Waals surface area (Å²) in [6, 6.07) is 16.7. The van der Waals surface area contributed by atoms with Crippen LogP contribution in [0.25, 0.3) is 17.3 Å². The highest BCUT2D eigenvalue weighted by atomic mass is 35.5. The van der Waals surface area contributed by atoms with E-state index < -0.39 is 0 Å². The van der Waals surface area contributed by atoms with Crippen molar-refractivity contribution in [2.75, 3.05) is 0 Å². The van der Waals surface area contributed by atoms with Gasteiger partial charge in [0.1, 0.15) is 10.7 Å². The quantitative estimate of drug-likeness (QED) is 0.285. The normalized spacial score (nSPS) is 11.0. The third kappa shape index (κ3) is 4.89. The van der Waals surface area contributed by atoms with E-state index in [1.807, 2.05) is 53.1 Å². The van der Waals surface area contributed by atoms with Gasteiger partial charge in [-0.1, -0.05) is 41.6 Å². The molecule has 11 heteroatoms. The molecule has 0 bridgehead atoms. The van der Waals surface area contributed by atoms with Crippen LogP contribution in [0.15, 0.2) is 82.0 Å². The first-order chi connectivity index (χ1) is 16.7. The van der Waals surface area contributed by atoms with E-state index in [1.54, 1.807) is 23.9 Å². The van der Waals surface area contributed by atoms with Crippen LogP contribution in [0.4, 0.5) is 0 Å². The number of hydrogen-bond acceptors (Lipinski definition) is 8. The molecule has 0 atom stereocenters. The third-order valence-corrected chi connectivity index (χ3v) is 7.02. The van der Waals surface area contributed by atoms with Gasteiger partial charge in [0.05, 0.1) is 35.0 Å². The predicted octanol–water partition coefficient (Wildman–Crippen LogP) is 5.25. The number of carbonyl (C=O) groups is 1. The summed E-state index contributed by atoms with van der Waals surface area (Å²) in [5.41, 5.74) is 1.91. The summed E-state index contributed by atoms with van der Waals surface area (Å²) < 4.78 is 7.41. The summed E-state index contributed by atoms with van der Waals surface area (Å²) in [5.74, 6) is 1.41. The second kappa shape index (κ2) is 10.2. The van der Waals surface area contributed by atoms with Crippen LogP contribution in [0.2, 0.25) is 5.02 Å². The summed E-state index contributed by atoms with van der Waals surface area (Å²) in [7, 11) is 0. The van der Waals surface area contributed by atoms with Gasteiger partial charge in [-0.15, -0.1) is 21.5 Å². The van der Waals surface area contributed by atoms with E-state index >= 15 is 0 Å². The van der Waals surface area contributed by atoms with E-state index in [0.717, 1.165) is 16.4 Å². The number of nitrogens with one attached hydrogen (secondary N) is 1. The number of benzene rings is 1. The third-order valence-electron chi connectivity index (χ3n) is 4.73. The van der Waals surface area contributed by atoms with Crippen molar-refractivity contribution in [1.82, 2.24) is 30.0 Å². The Morgan fingerprint density at radius 3 is 2.79 bits per heavy atom. The van der Waals surface area contributed by atoms with Crippen LogP contribution in [-0.4, -0.2) is 30.6 Å². The molecule has 1 amide bonds. The summed E-state index contributed by atoms with van der Waals surface area (Å²) in [6.45, 7) is 0.345. The molecule has 34 heavy (non-hydrogen) atoms. The summed E-state index contributed by atoms with van der Waals surface area (Å²) in [4.78, 5) is 21.1. The van der Waals surface area contributed by atoms with Gasteiger partial charge in [-0.3, -0.25) is 14.3 Å². The fourth-order valence-corrected chi connectivity index (χ4v) is 5.11. The van der Waals surface area contributed by atoms with Crippen molar-refractivity contribution in [2.24, 2.45) is 0 Å². The zero-order valence-electron chi connectivity index (χ0n) is 17.6. The highest BCUT2D eigenvalue weighted by Gasteiger charge is 2.20. The molecule has 1 aromatic carbocycles. The molecular formula is C23H17ClN6O2S2. The van der Waals surface area contributed by atoms with Crippen LogP contribution >= 0.6 is 34.7 Å².